The normalized spacial score (nSPS) is 13.0. The molecule has 1 amide bonds. The lowest BCUT2D eigenvalue weighted by Gasteiger charge is -2.07. The number of carbonyl (C=O) groups is 1. The number of nitrogens with one attached hydrogen (secondary N) is 1. The summed E-state index contributed by atoms with van der Waals surface area (Å²) in [5.41, 5.74) is 2.77. The molecule has 0 aliphatic carbocycles. The molecule has 0 fully saturated rings. The first-order valence-corrected chi connectivity index (χ1v) is 10.6. The van der Waals surface area contributed by atoms with Crippen molar-refractivity contribution in [2.24, 2.45) is 0 Å². The van der Waals surface area contributed by atoms with Gasteiger partial charge in [-0.2, -0.15) is 5.10 Å². The minimum atomic E-state index is -0.179. The first kappa shape index (κ1) is 18.7. The van der Waals surface area contributed by atoms with Gasteiger partial charge in [0.05, 0.1) is 16.8 Å². The largest absolute Gasteiger partial charge is 0.347 e. The highest BCUT2D eigenvalue weighted by Gasteiger charge is 2.23. The van der Waals surface area contributed by atoms with Gasteiger partial charge in [-0.05, 0) is 30.0 Å². The van der Waals surface area contributed by atoms with Crippen molar-refractivity contribution in [1.82, 2.24) is 29.6 Å². The molecule has 1 N–H and O–H groups in total. The predicted octanol–water partition coefficient (Wildman–Crippen LogP) is 2.28. The van der Waals surface area contributed by atoms with Crippen LogP contribution in [0.3, 0.4) is 0 Å². The second kappa shape index (κ2) is 7.49. The van der Waals surface area contributed by atoms with Crippen LogP contribution in [0.2, 0.25) is 0 Å². The molecule has 1 aliphatic rings. The molecule has 0 spiro atoms. The molecule has 0 saturated heterocycles. The van der Waals surface area contributed by atoms with Crippen LogP contribution in [-0.4, -0.2) is 30.2 Å². The average molecular weight is 420 g/mol. The molecular weight excluding hydrogens is 400 g/mol. The van der Waals surface area contributed by atoms with Crippen molar-refractivity contribution in [3.8, 4) is 0 Å². The minimum Gasteiger partial charge on any atom is -0.347 e. The van der Waals surface area contributed by atoms with E-state index in [1.807, 2.05) is 31.2 Å². The number of thiophene rings is 1. The number of carbonyl (C=O) groups excluding carboxylic acids is 1. The molecule has 0 saturated carbocycles. The number of aromatic nitrogens is 5. The topological polar surface area (TPSA) is 94.7 Å². The van der Waals surface area contributed by atoms with Crippen molar-refractivity contribution >= 4 is 27.5 Å². The summed E-state index contributed by atoms with van der Waals surface area (Å²) in [6.45, 7) is 3.56. The van der Waals surface area contributed by atoms with Crippen LogP contribution in [0.15, 0.2) is 41.7 Å². The Bertz CT molecular complexity index is 1310. The van der Waals surface area contributed by atoms with Crippen LogP contribution < -0.4 is 10.9 Å². The van der Waals surface area contributed by atoms with Gasteiger partial charge in [0.15, 0.2) is 0 Å². The van der Waals surface area contributed by atoms with E-state index in [-0.39, 0.29) is 11.5 Å². The van der Waals surface area contributed by atoms with Crippen molar-refractivity contribution in [2.45, 2.75) is 39.4 Å². The standard InChI is InChI=1S/C21H20N6O2S/c1-13-17-20(25-16-6-3-7-27(16)21(17)29)30-18(13)19(28)23-9-14-4-2-5-15(8-14)10-26-12-22-11-24-26/h2,4-5,8,11-12H,3,6-7,9-10H2,1H3,(H,23,28). The molecule has 152 valence electrons. The second-order valence-electron chi connectivity index (χ2n) is 7.42. The average Bonchev–Trinajstić information content (AvgIpc) is 3.48. The maximum absolute atomic E-state index is 12.9. The smallest absolute Gasteiger partial charge is 0.262 e. The van der Waals surface area contributed by atoms with Crippen LogP contribution in [0.4, 0.5) is 0 Å². The number of rotatable bonds is 5. The van der Waals surface area contributed by atoms with Crippen LogP contribution in [-0.2, 0) is 26.1 Å². The zero-order valence-electron chi connectivity index (χ0n) is 16.5. The first-order valence-electron chi connectivity index (χ1n) is 9.81. The lowest BCUT2D eigenvalue weighted by atomic mass is 10.1. The van der Waals surface area contributed by atoms with E-state index in [4.69, 9.17) is 0 Å². The van der Waals surface area contributed by atoms with Gasteiger partial charge in [-0.15, -0.1) is 11.3 Å². The maximum atomic E-state index is 12.9. The van der Waals surface area contributed by atoms with Crippen molar-refractivity contribution in [3.05, 3.63) is 74.7 Å². The van der Waals surface area contributed by atoms with Crippen LogP contribution in [0.25, 0.3) is 10.2 Å². The van der Waals surface area contributed by atoms with Crippen molar-refractivity contribution in [2.75, 3.05) is 0 Å². The number of benzene rings is 1. The summed E-state index contributed by atoms with van der Waals surface area (Å²) in [6, 6.07) is 7.99. The van der Waals surface area contributed by atoms with E-state index in [0.29, 0.717) is 40.3 Å². The summed E-state index contributed by atoms with van der Waals surface area (Å²) in [7, 11) is 0. The molecule has 3 aromatic heterocycles. The van der Waals surface area contributed by atoms with Gasteiger partial charge < -0.3 is 5.32 Å². The quantitative estimate of drug-likeness (QED) is 0.535. The summed E-state index contributed by atoms with van der Waals surface area (Å²) in [5, 5.41) is 7.67. The van der Waals surface area contributed by atoms with Gasteiger partial charge in [0.25, 0.3) is 11.5 Å². The summed E-state index contributed by atoms with van der Waals surface area (Å²) >= 11 is 1.30. The number of aryl methyl sites for hydroxylation is 2. The number of hydrogen-bond acceptors (Lipinski definition) is 6. The molecule has 0 bridgehead atoms. The lowest BCUT2D eigenvalue weighted by Crippen LogP contribution is -2.23. The lowest BCUT2D eigenvalue weighted by molar-refractivity contribution is 0.0954. The SMILES string of the molecule is Cc1c(C(=O)NCc2cccc(Cn3cncn3)c2)sc2nc3n(c(=O)c12)CCC3. The molecule has 0 atom stereocenters. The minimum absolute atomic E-state index is 0.0267. The maximum Gasteiger partial charge on any atom is 0.262 e. The Hall–Kier alpha value is -3.33. The predicted molar refractivity (Wildman–Crippen MR) is 114 cm³/mol. The van der Waals surface area contributed by atoms with Crippen molar-refractivity contribution in [1.29, 1.82) is 0 Å². The first-order chi connectivity index (χ1) is 14.6. The van der Waals surface area contributed by atoms with Crippen LogP contribution in [0.5, 0.6) is 0 Å². The Labute approximate surface area is 176 Å². The number of amides is 1. The van der Waals surface area contributed by atoms with Crippen LogP contribution in [0.1, 0.15) is 38.6 Å². The van der Waals surface area contributed by atoms with Crippen LogP contribution in [0, 0.1) is 6.92 Å². The Balaban J connectivity index is 1.35. The fourth-order valence-electron chi connectivity index (χ4n) is 3.89. The highest BCUT2D eigenvalue weighted by atomic mass is 32.1. The zero-order chi connectivity index (χ0) is 20.7. The molecule has 4 aromatic rings. The van der Waals surface area contributed by atoms with Gasteiger partial charge >= 0.3 is 0 Å². The molecule has 5 rings (SSSR count). The Morgan fingerprint density at radius 2 is 2.17 bits per heavy atom. The summed E-state index contributed by atoms with van der Waals surface area (Å²) in [6.07, 6.45) is 4.94. The number of hydrogen-bond donors (Lipinski definition) is 1. The van der Waals surface area contributed by atoms with Crippen molar-refractivity contribution < 1.29 is 4.79 Å². The zero-order valence-corrected chi connectivity index (χ0v) is 17.3. The summed E-state index contributed by atoms with van der Waals surface area (Å²) in [5.74, 6) is 0.645. The van der Waals surface area contributed by atoms with Gasteiger partial charge in [0.2, 0.25) is 0 Å². The van der Waals surface area contributed by atoms with Crippen LogP contribution >= 0.6 is 11.3 Å². The molecule has 1 aliphatic heterocycles. The van der Waals surface area contributed by atoms with E-state index >= 15 is 0 Å². The number of fused-ring (bicyclic) bond motifs is 2. The summed E-state index contributed by atoms with van der Waals surface area (Å²) < 4.78 is 3.49. The van der Waals surface area contributed by atoms with Gasteiger partial charge in [0.1, 0.15) is 23.3 Å². The van der Waals surface area contributed by atoms with E-state index in [1.54, 1.807) is 15.6 Å². The second-order valence-corrected chi connectivity index (χ2v) is 8.42. The van der Waals surface area contributed by atoms with Gasteiger partial charge in [-0.1, -0.05) is 24.3 Å². The van der Waals surface area contributed by atoms with Gasteiger partial charge in [0, 0.05) is 19.5 Å². The molecule has 9 heteroatoms. The molecule has 0 radical (unpaired) electrons. The fraction of sp³-hybridized carbons (Fsp3) is 0.286. The van der Waals surface area contributed by atoms with Crippen molar-refractivity contribution in [3.63, 3.8) is 0 Å². The third-order valence-electron chi connectivity index (χ3n) is 5.37. The summed E-state index contributed by atoms with van der Waals surface area (Å²) in [4.78, 5) is 35.5. The van der Waals surface area contributed by atoms with Gasteiger partial charge in [-0.25, -0.2) is 14.6 Å². The molecule has 1 aromatic carbocycles. The Morgan fingerprint density at radius 1 is 1.30 bits per heavy atom. The molecule has 4 heterocycles. The molecular formula is C21H20N6O2S. The van der Waals surface area contributed by atoms with Gasteiger partial charge in [-0.3, -0.25) is 14.2 Å². The molecule has 8 nitrogen and oxygen atoms in total. The third-order valence-corrected chi connectivity index (χ3v) is 6.56. The molecule has 30 heavy (non-hydrogen) atoms. The van der Waals surface area contributed by atoms with E-state index in [1.165, 1.54) is 17.7 Å². The third kappa shape index (κ3) is 3.30. The molecule has 0 unspecified atom stereocenters. The Kier molecular flexibility index (Phi) is 4.66. The fourth-order valence-corrected chi connectivity index (χ4v) is 5.00. The monoisotopic (exact) mass is 420 g/mol. The highest BCUT2D eigenvalue weighted by Crippen LogP contribution is 2.28. The van der Waals surface area contributed by atoms with E-state index < -0.39 is 0 Å². The van der Waals surface area contributed by atoms with E-state index in [9.17, 15) is 9.59 Å². The van der Waals surface area contributed by atoms with E-state index in [0.717, 1.165) is 29.8 Å². The Morgan fingerprint density at radius 3 is 3.00 bits per heavy atom. The van der Waals surface area contributed by atoms with E-state index in [2.05, 4.69) is 20.4 Å². The number of nitrogens with zero attached hydrogens (tertiary/aromatic N) is 5. The highest BCUT2D eigenvalue weighted by molar-refractivity contribution is 7.20.